The zero-order valence-corrected chi connectivity index (χ0v) is 15.5. The molecule has 4 aromatic rings. The molecule has 1 N–H and O–H groups in total. The van der Waals surface area contributed by atoms with Gasteiger partial charge in [-0.3, -0.25) is 4.79 Å². The largest absolute Gasteiger partial charge is 0.324 e. The molecule has 0 radical (unpaired) electrons. The molecule has 128 valence electrons. The number of anilines is 1. The summed E-state index contributed by atoms with van der Waals surface area (Å²) in [6, 6.07) is 21.5. The van der Waals surface area contributed by atoms with Crippen molar-refractivity contribution in [1.82, 2.24) is 9.38 Å². The molecule has 0 fully saturated rings. The van der Waals surface area contributed by atoms with Gasteiger partial charge < -0.3 is 9.72 Å². The number of aromatic nitrogens is 2. The predicted octanol–water partition coefficient (Wildman–Crippen LogP) is 4.95. The number of hydrogen-bond acceptors (Lipinski definition) is 2. The molecule has 26 heavy (non-hydrogen) atoms. The fourth-order valence-electron chi connectivity index (χ4n) is 2.81. The second kappa shape index (κ2) is 7.14. The van der Waals surface area contributed by atoms with Gasteiger partial charge in [0.2, 0.25) is 5.91 Å². The number of nitrogens with zero attached hydrogens (tertiary/aromatic N) is 2. The first-order valence-corrected chi connectivity index (χ1v) is 9.05. The highest BCUT2D eigenvalue weighted by molar-refractivity contribution is 9.10. The number of carbonyl (C=O) groups excluding carboxylic acids is 1. The second-order valence-corrected chi connectivity index (χ2v) is 6.94. The summed E-state index contributed by atoms with van der Waals surface area (Å²) in [4.78, 5) is 16.9. The molecule has 0 aliphatic carbocycles. The quantitative estimate of drug-likeness (QED) is 0.522. The molecule has 0 saturated heterocycles. The molecule has 1 amide bonds. The summed E-state index contributed by atoms with van der Waals surface area (Å²) in [5.74, 6) is -0.0381. The number of imidazole rings is 1. The van der Waals surface area contributed by atoms with E-state index in [1.807, 2.05) is 83.5 Å². The summed E-state index contributed by atoms with van der Waals surface area (Å²) in [5.41, 5.74) is 4.52. The summed E-state index contributed by atoms with van der Waals surface area (Å²) >= 11 is 3.44. The Bertz CT molecular complexity index is 1060. The lowest BCUT2D eigenvalue weighted by atomic mass is 10.1. The van der Waals surface area contributed by atoms with Crippen LogP contribution >= 0.6 is 15.9 Å². The molecule has 2 heterocycles. The number of nitrogens with one attached hydrogen (secondary N) is 1. The average Bonchev–Trinajstić information content (AvgIpc) is 3.06. The van der Waals surface area contributed by atoms with E-state index >= 15 is 0 Å². The van der Waals surface area contributed by atoms with Crippen LogP contribution in [0.15, 0.2) is 83.6 Å². The van der Waals surface area contributed by atoms with E-state index in [1.165, 1.54) is 0 Å². The maximum absolute atomic E-state index is 12.2. The first kappa shape index (κ1) is 16.5. The van der Waals surface area contributed by atoms with Crippen molar-refractivity contribution < 1.29 is 4.79 Å². The lowest BCUT2D eigenvalue weighted by molar-refractivity contribution is -0.115. The summed E-state index contributed by atoms with van der Waals surface area (Å²) in [5, 5.41) is 2.95. The maximum Gasteiger partial charge on any atom is 0.228 e. The molecule has 0 atom stereocenters. The fourth-order valence-corrected chi connectivity index (χ4v) is 3.08. The number of halogens is 1. The Hall–Kier alpha value is -2.92. The molecule has 0 aliphatic heterocycles. The first-order chi connectivity index (χ1) is 12.7. The van der Waals surface area contributed by atoms with Crippen molar-refractivity contribution >= 4 is 33.2 Å². The fraction of sp³-hybridized carbons (Fsp3) is 0.0476. The number of pyridine rings is 1. The van der Waals surface area contributed by atoms with Gasteiger partial charge in [0.05, 0.1) is 17.8 Å². The van der Waals surface area contributed by atoms with Crippen LogP contribution in [0.25, 0.3) is 16.9 Å². The Morgan fingerprint density at radius 3 is 2.50 bits per heavy atom. The minimum Gasteiger partial charge on any atom is -0.324 e. The van der Waals surface area contributed by atoms with Gasteiger partial charge in [-0.15, -0.1) is 0 Å². The van der Waals surface area contributed by atoms with Crippen molar-refractivity contribution in [1.29, 1.82) is 0 Å². The van der Waals surface area contributed by atoms with E-state index in [2.05, 4.69) is 26.2 Å². The number of rotatable bonds is 4. The summed E-state index contributed by atoms with van der Waals surface area (Å²) in [6.45, 7) is 0. The van der Waals surface area contributed by atoms with Crippen molar-refractivity contribution in [2.45, 2.75) is 6.42 Å². The van der Waals surface area contributed by atoms with Crippen molar-refractivity contribution in [3.05, 3.63) is 89.2 Å². The van der Waals surface area contributed by atoms with Crippen molar-refractivity contribution in [3.8, 4) is 11.3 Å². The van der Waals surface area contributed by atoms with E-state index in [4.69, 9.17) is 0 Å². The summed E-state index contributed by atoms with van der Waals surface area (Å²) in [7, 11) is 0. The number of carbonyl (C=O) groups is 1. The van der Waals surface area contributed by atoms with Gasteiger partial charge in [0, 0.05) is 22.4 Å². The van der Waals surface area contributed by atoms with E-state index in [1.54, 1.807) is 0 Å². The van der Waals surface area contributed by atoms with Gasteiger partial charge in [-0.05, 0) is 29.8 Å². The highest BCUT2D eigenvalue weighted by Gasteiger charge is 2.07. The molecule has 0 aliphatic rings. The smallest absolute Gasteiger partial charge is 0.228 e. The third kappa shape index (κ3) is 3.68. The SMILES string of the molecule is O=C(Cc1ccccc1)Nc1ccc2nc(-c3ccc(Br)cc3)cn2c1. The van der Waals surface area contributed by atoms with Crippen LogP contribution in [0.4, 0.5) is 5.69 Å². The maximum atomic E-state index is 12.2. The van der Waals surface area contributed by atoms with Crippen LogP contribution in [-0.4, -0.2) is 15.3 Å². The lowest BCUT2D eigenvalue weighted by Gasteiger charge is -2.05. The highest BCUT2D eigenvalue weighted by atomic mass is 79.9. The zero-order valence-electron chi connectivity index (χ0n) is 13.9. The van der Waals surface area contributed by atoms with E-state index in [-0.39, 0.29) is 5.91 Å². The molecule has 0 unspecified atom stereocenters. The van der Waals surface area contributed by atoms with Gasteiger partial charge in [-0.25, -0.2) is 4.98 Å². The Kier molecular flexibility index (Phi) is 4.54. The van der Waals surface area contributed by atoms with E-state index in [0.29, 0.717) is 6.42 Å². The van der Waals surface area contributed by atoms with Crippen LogP contribution < -0.4 is 5.32 Å². The van der Waals surface area contributed by atoms with Crippen LogP contribution in [0.5, 0.6) is 0 Å². The average molecular weight is 406 g/mol. The van der Waals surface area contributed by atoms with Gasteiger partial charge in [0.1, 0.15) is 5.65 Å². The van der Waals surface area contributed by atoms with Crippen LogP contribution in [0, 0.1) is 0 Å². The van der Waals surface area contributed by atoms with Crippen LogP contribution in [0.3, 0.4) is 0 Å². The predicted molar refractivity (Wildman–Crippen MR) is 107 cm³/mol. The Labute approximate surface area is 159 Å². The Balaban J connectivity index is 1.54. The van der Waals surface area contributed by atoms with E-state index in [9.17, 15) is 4.79 Å². The number of benzene rings is 2. The molecule has 0 bridgehead atoms. The summed E-state index contributed by atoms with van der Waals surface area (Å²) < 4.78 is 2.96. The molecule has 2 aromatic carbocycles. The monoisotopic (exact) mass is 405 g/mol. The molecule has 2 aromatic heterocycles. The zero-order chi connectivity index (χ0) is 17.9. The molecule has 4 rings (SSSR count). The lowest BCUT2D eigenvalue weighted by Crippen LogP contribution is -2.14. The second-order valence-electron chi connectivity index (χ2n) is 6.03. The number of fused-ring (bicyclic) bond motifs is 1. The first-order valence-electron chi connectivity index (χ1n) is 8.26. The standard InChI is InChI=1S/C21H16BrN3O/c22-17-8-6-16(7-9-17)19-14-25-13-18(10-11-20(25)24-19)23-21(26)12-15-4-2-1-3-5-15/h1-11,13-14H,12H2,(H,23,26). The Morgan fingerprint density at radius 1 is 0.962 bits per heavy atom. The van der Waals surface area contributed by atoms with Crippen molar-refractivity contribution in [2.24, 2.45) is 0 Å². The van der Waals surface area contributed by atoms with Crippen molar-refractivity contribution in [2.75, 3.05) is 5.32 Å². The molecular weight excluding hydrogens is 390 g/mol. The third-order valence-corrected chi connectivity index (χ3v) is 4.61. The number of hydrogen-bond donors (Lipinski definition) is 1. The van der Waals surface area contributed by atoms with Gasteiger partial charge in [-0.1, -0.05) is 58.4 Å². The van der Waals surface area contributed by atoms with Gasteiger partial charge >= 0.3 is 0 Å². The van der Waals surface area contributed by atoms with Crippen LogP contribution in [-0.2, 0) is 11.2 Å². The normalized spacial score (nSPS) is 10.8. The van der Waals surface area contributed by atoms with Gasteiger partial charge in [0.25, 0.3) is 0 Å². The minimum absolute atomic E-state index is 0.0381. The Morgan fingerprint density at radius 2 is 1.73 bits per heavy atom. The molecular formula is C21H16BrN3O. The van der Waals surface area contributed by atoms with E-state index < -0.39 is 0 Å². The molecule has 0 spiro atoms. The molecule has 0 saturated carbocycles. The minimum atomic E-state index is -0.0381. The van der Waals surface area contributed by atoms with Gasteiger partial charge in [-0.2, -0.15) is 0 Å². The van der Waals surface area contributed by atoms with Crippen LogP contribution in [0.1, 0.15) is 5.56 Å². The van der Waals surface area contributed by atoms with E-state index in [0.717, 1.165) is 32.6 Å². The van der Waals surface area contributed by atoms with Gasteiger partial charge in [0.15, 0.2) is 0 Å². The molecule has 5 heteroatoms. The number of amides is 1. The van der Waals surface area contributed by atoms with Crippen LogP contribution in [0.2, 0.25) is 0 Å². The topological polar surface area (TPSA) is 46.4 Å². The summed E-state index contributed by atoms with van der Waals surface area (Å²) in [6.07, 6.45) is 4.20. The van der Waals surface area contributed by atoms with Crippen molar-refractivity contribution in [3.63, 3.8) is 0 Å². The molecule has 4 nitrogen and oxygen atoms in total. The highest BCUT2D eigenvalue weighted by Crippen LogP contribution is 2.22. The third-order valence-electron chi connectivity index (χ3n) is 4.08.